The fourth-order valence-corrected chi connectivity index (χ4v) is 7.55. The molecule has 0 atom stereocenters. The third-order valence-electron chi connectivity index (χ3n) is 10.1. The first-order valence-electron chi connectivity index (χ1n) is 18.3. The molecule has 0 saturated heterocycles. The van der Waals surface area contributed by atoms with E-state index in [2.05, 4.69) is 175 Å². The molecule has 1 aliphatic carbocycles. The summed E-state index contributed by atoms with van der Waals surface area (Å²) in [7, 11) is 0. The van der Waals surface area contributed by atoms with Crippen LogP contribution in [0.5, 0.6) is 0 Å². The fourth-order valence-electron chi connectivity index (χ4n) is 7.55. The van der Waals surface area contributed by atoms with E-state index in [1.54, 1.807) is 0 Å². The van der Waals surface area contributed by atoms with Crippen molar-refractivity contribution in [2.45, 2.75) is 12.8 Å². The summed E-state index contributed by atoms with van der Waals surface area (Å²) in [5, 5.41) is 4.44. The van der Waals surface area contributed by atoms with Gasteiger partial charge in [0.15, 0.2) is 17.5 Å². The van der Waals surface area contributed by atoms with Gasteiger partial charge >= 0.3 is 0 Å². The Morgan fingerprint density at radius 3 is 1.91 bits per heavy atom. The lowest BCUT2D eigenvalue weighted by atomic mass is 9.98. The second kappa shape index (κ2) is 13.5. The lowest BCUT2D eigenvalue weighted by molar-refractivity contribution is 0.669. The monoisotopic (exact) mass is 694 g/mol. The van der Waals surface area contributed by atoms with Crippen LogP contribution in [0.1, 0.15) is 18.7 Å². The van der Waals surface area contributed by atoms with Gasteiger partial charge in [-0.25, -0.2) is 15.0 Å². The molecule has 256 valence electrons. The van der Waals surface area contributed by atoms with E-state index in [1.807, 2.05) is 12.1 Å². The van der Waals surface area contributed by atoms with Crippen LogP contribution in [0.25, 0.3) is 72.2 Å². The van der Waals surface area contributed by atoms with Gasteiger partial charge in [0.1, 0.15) is 11.2 Å². The van der Waals surface area contributed by atoms with Crippen LogP contribution in [0.3, 0.4) is 0 Å². The predicted octanol–water partition coefficient (Wildman–Crippen LogP) is 13.1. The van der Waals surface area contributed by atoms with Gasteiger partial charge in [0.2, 0.25) is 0 Å². The molecule has 10 rings (SSSR count). The van der Waals surface area contributed by atoms with Crippen LogP contribution in [-0.2, 0) is 0 Å². The topological polar surface area (TPSA) is 55.1 Å². The molecule has 0 radical (unpaired) electrons. The van der Waals surface area contributed by atoms with Gasteiger partial charge in [0.25, 0.3) is 0 Å². The molecular weight excluding hydrogens is 661 g/mol. The number of nitrogens with zero attached hydrogens (tertiary/aromatic N) is 4. The van der Waals surface area contributed by atoms with E-state index in [4.69, 9.17) is 19.4 Å². The Morgan fingerprint density at radius 2 is 1.13 bits per heavy atom. The zero-order chi connectivity index (χ0) is 35.8. The van der Waals surface area contributed by atoms with Gasteiger partial charge < -0.3 is 9.32 Å². The van der Waals surface area contributed by atoms with Crippen LogP contribution >= 0.6 is 0 Å². The van der Waals surface area contributed by atoms with Gasteiger partial charge in [0.05, 0.1) is 0 Å². The standard InChI is InChI=1S/C49H34N4O/c1-4-15-35(16-5-1)47-50-48(52-49(51-47)42-24-12-17-33-14-10-11-22-40(33)42)36-28-26-34(27-29-36)41-23-13-25-44-46(41)43-31-30-39(32-45(43)54-44)53(37-18-6-2-7-19-37)38-20-8-3-9-21-38/h2-4,6-32H,1,5H2. The molecule has 0 amide bonds. The first kappa shape index (κ1) is 31.6. The van der Waals surface area contributed by atoms with Crippen molar-refractivity contribution >= 4 is 55.3 Å². The molecule has 7 aromatic carbocycles. The van der Waals surface area contributed by atoms with Gasteiger partial charge in [-0.3, -0.25) is 0 Å². The summed E-state index contributed by atoms with van der Waals surface area (Å²) in [6, 6.07) is 56.9. The number of allylic oxidation sites excluding steroid dienone is 4. The molecule has 0 saturated carbocycles. The van der Waals surface area contributed by atoms with Crippen molar-refractivity contribution in [3.8, 4) is 33.9 Å². The predicted molar refractivity (Wildman–Crippen MR) is 222 cm³/mol. The Hall–Kier alpha value is -7.11. The number of para-hydroxylation sites is 2. The lowest BCUT2D eigenvalue weighted by Crippen LogP contribution is -2.09. The molecule has 0 unspecified atom stereocenters. The van der Waals surface area contributed by atoms with Crippen LogP contribution in [0.4, 0.5) is 17.1 Å². The minimum absolute atomic E-state index is 0.648. The van der Waals surface area contributed by atoms with E-state index in [-0.39, 0.29) is 0 Å². The van der Waals surface area contributed by atoms with Crippen molar-refractivity contribution in [3.63, 3.8) is 0 Å². The van der Waals surface area contributed by atoms with Crippen LogP contribution < -0.4 is 4.90 Å². The van der Waals surface area contributed by atoms with Crippen molar-refractivity contribution in [2.75, 3.05) is 4.90 Å². The van der Waals surface area contributed by atoms with Crippen molar-refractivity contribution in [1.29, 1.82) is 0 Å². The van der Waals surface area contributed by atoms with Crippen molar-refractivity contribution in [2.24, 2.45) is 0 Å². The quantitative estimate of drug-likeness (QED) is 0.166. The van der Waals surface area contributed by atoms with E-state index in [1.165, 1.54) is 0 Å². The number of fused-ring (bicyclic) bond motifs is 4. The SMILES string of the molecule is C1=CC(c2nc(-c3ccc(-c4cccc5oc6cc(N(c7ccccc7)c7ccccc7)ccc6c45)cc3)nc(-c3cccc4ccccc34)n2)=CCC1. The lowest BCUT2D eigenvalue weighted by Gasteiger charge is -2.25. The highest BCUT2D eigenvalue weighted by atomic mass is 16.3. The Morgan fingerprint density at radius 1 is 0.463 bits per heavy atom. The number of hydrogen-bond donors (Lipinski definition) is 0. The Bertz CT molecular complexity index is 2830. The molecular formula is C49H34N4O. The fraction of sp³-hybridized carbons (Fsp3) is 0.0408. The molecule has 9 aromatic rings. The van der Waals surface area contributed by atoms with E-state index in [9.17, 15) is 0 Å². The number of furan rings is 1. The molecule has 5 nitrogen and oxygen atoms in total. The molecule has 1 aliphatic rings. The number of benzene rings is 7. The first-order chi connectivity index (χ1) is 26.8. The summed E-state index contributed by atoms with van der Waals surface area (Å²) in [5.74, 6) is 2.01. The number of hydrogen-bond acceptors (Lipinski definition) is 5. The molecule has 5 heteroatoms. The van der Waals surface area contributed by atoms with Gasteiger partial charge in [0, 0.05) is 50.6 Å². The maximum absolute atomic E-state index is 6.56. The zero-order valence-electron chi connectivity index (χ0n) is 29.4. The Kier molecular flexibility index (Phi) is 7.88. The second-order valence-electron chi connectivity index (χ2n) is 13.5. The highest BCUT2D eigenvalue weighted by Crippen LogP contribution is 2.41. The first-order valence-corrected chi connectivity index (χ1v) is 18.3. The highest BCUT2D eigenvalue weighted by molar-refractivity contribution is 6.13. The van der Waals surface area contributed by atoms with E-state index in [0.717, 1.165) is 90.4 Å². The average molecular weight is 695 g/mol. The maximum Gasteiger partial charge on any atom is 0.164 e. The minimum atomic E-state index is 0.648. The molecule has 0 bridgehead atoms. The number of rotatable bonds is 7. The molecule has 2 aromatic heterocycles. The maximum atomic E-state index is 6.56. The Balaban J connectivity index is 1.05. The molecule has 2 heterocycles. The minimum Gasteiger partial charge on any atom is -0.456 e. The van der Waals surface area contributed by atoms with E-state index in [0.29, 0.717) is 17.5 Å². The molecule has 54 heavy (non-hydrogen) atoms. The Labute approximate surface area is 313 Å². The van der Waals surface area contributed by atoms with Gasteiger partial charge in [-0.1, -0.05) is 133 Å². The summed E-state index contributed by atoms with van der Waals surface area (Å²) in [4.78, 5) is 17.4. The largest absolute Gasteiger partial charge is 0.456 e. The van der Waals surface area contributed by atoms with Crippen LogP contribution in [0.15, 0.2) is 186 Å². The average Bonchev–Trinajstić information content (AvgIpc) is 3.63. The zero-order valence-corrected chi connectivity index (χ0v) is 29.4. The summed E-state index contributed by atoms with van der Waals surface area (Å²) >= 11 is 0. The second-order valence-corrected chi connectivity index (χ2v) is 13.5. The van der Waals surface area contributed by atoms with Crippen LogP contribution in [0, 0.1) is 0 Å². The molecule has 0 fully saturated rings. The van der Waals surface area contributed by atoms with Gasteiger partial charge in [-0.05, 0) is 77.2 Å². The smallest absolute Gasteiger partial charge is 0.164 e. The van der Waals surface area contributed by atoms with Crippen LogP contribution in [0.2, 0.25) is 0 Å². The summed E-state index contributed by atoms with van der Waals surface area (Å²) in [5.41, 5.74) is 10.0. The van der Waals surface area contributed by atoms with E-state index >= 15 is 0 Å². The molecule has 0 aliphatic heterocycles. The summed E-state index contributed by atoms with van der Waals surface area (Å²) in [6.07, 6.45) is 8.53. The molecule has 0 N–H and O–H groups in total. The summed E-state index contributed by atoms with van der Waals surface area (Å²) < 4.78 is 6.56. The number of aromatic nitrogens is 3. The third kappa shape index (κ3) is 5.73. The highest BCUT2D eigenvalue weighted by Gasteiger charge is 2.19. The van der Waals surface area contributed by atoms with Gasteiger partial charge in [-0.2, -0.15) is 0 Å². The summed E-state index contributed by atoms with van der Waals surface area (Å²) in [6.45, 7) is 0. The van der Waals surface area contributed by atoms with Crippen molar-refractivity contribution in [3.05, 3.63) is 188 Å². The van der Waals surface area contributed by atoms with Crippen molar-refractivity contribution < 1.29 is 4.42 Å². The van der Waals surface area contributed by atoms with Crippen molar-refractivity contribution in [1.82, 2.24) is 15.0 Å². The normalized spacial score (nSPS) is 12.7. The van der Waals surface area contributed by atoms with E-state index < -0.39 is 0 Å². The molecule has 0 spiro atoms. The van der Waals surface area contributed by atoms with Gasteiger partial charge in [-0.15, -0.1) is 0 Å². The number of anilines is 3. The third-order valence-corrected chi connectivity index (χ3v) is 10.1. The van der Waals surface area contributed by atoms with Crippen LogP contribution in [-0.4, -0.2) is 15.0 Å².